The van der Waals surface area contributed by atoms with Gasteiger partial charge in [0.15, 0.2) is 0 Å². The summed E-state index contributed by atoms with van der Waals surface area (Å²) in [6, 6.07) is 18.1. The maximum absolute atomic E-state index is 13.2. The van der Waals surface area contributed by atoms with Gasteiger partial charge in [-0.2, -0.15) is 0 Å². The standard InChI is InChI=1S/C30H28N4O5S2/c35-28(21-9-12-27-25(17-21)33-29(36)24-5-1-2-6-26(24)41(27,37)38)31-18-23-19-32-30(40-23)20-7-10-22(11-8-20)39-16-4-15-34-13-3-14-34/h1-2,5-12,17,19H,3-4,13-16,18H2,(H,31,35)(H,33,36). The van der Waals surface area contributed by atoms with E-state index in [1.54, 1.807) is 18.3 Å². The minimum atomic E-state index is -3.93. The molecule has 3 heterocycles. The van der Waals surface area contributed by atoms with Crippen molar-refractivity contribution in [2.45, 2.75) is 29.2 Å². The SMILES string of the molecule is O=C(NCc1cnc(-c2ccc(OCCCN3CCC3)cc2)s1)c1ccc2c(c1)NC(=O)c1ccccc1S2(=O)=O. The predicted molar refractivity (Wildman–Crippen MR) is 156 cm³/mol. The average Bonchev–Trinajstić information content (AvgIpc) is 3.41. The van der Waals surface area contributed by atoms with Gasteiger partial charge in [-0.15, -0.1) is 11.3 Å². The minimum Gasteiger partial charge on any atom is -0.494 e. The molecule has 9 nitrogen and oxygen atoms in total. The normalized spacial score (nSPS) is 15.6. The fourth-order valence-corrected chi connectivity index (χ4v) is 7.22. The molecule has 2 aliphatic heterocycles. The van der Waals surface area contributed by atoms with E-state index in [-0.39, 0.29) is 33.2 Å². The van der Waals surface area contributed by atoms with E-state index >= 15 is 0 Å². The van der Waals surface area contributed by atoms with Gasteiger partial charge in [0, 0.05) is 28.7 Å². The van der Waals surface area contributed by atoms with Crippen LogP contribution < -0.4 is 15.4 Å². The molecule has 0 atom stereocenters. The topological polar surface area (TPSA) is 118 Å². The monoisotopic (exact) mass is 588 g/mol. The number of likely N-dealkylation sites (tertiary alicyclic amines) is 1. The number of rotatable bonds is 9. The zero-order valence-electron chi connectivity index (χ0n) is 22.1. The van der Waals surface area contributed by atoms with E-state index in [0.717, 1.165) is 34.2 Å². The molecule has 11 heteroatoms. The average molecular weight is 589 g/mol. The van der Waals surface area contributed by atoms with Crippen molar-refractivity contribution in [2.75, 3.05) is 31.6 Å². The van der Waals surface area contributed by atoms with E-state index in [2.05, 4.69) is 20.5 Å². The summed E-state index contributed by atoms with van der Waals surface area (Å²) in [6.45, 7) is 4.42. The summed E-state index contributed by atoms with van der Waals surface area (Å²) in [5.41, 5.74) is 1.33. The van der Waals surface area contributed by atoms with Crippen LogP contribution in [-0.4, -0.2) is 56.4 Å². The Bertz CT molecular complexity index is 1710. The predicted octanol–water partition coefficient (Wildman–Crippen LogP) is 4.61. The van der Waals surface area contributed by atoms with Crippen molar-refractivity contribution >= 4 is 38.7 Å². The Hall–Kier alpha value is -4.06. The van der Waals surface area contributed by atoms with Crippen LogP contribution in [0.25, 0.3) is 10.6 Å². The molecule has 1 fully saturated rings. The van der Waals surface area contributed by atoms with Gasteiger partial charge in [0.25, 0.3) is 11.8 Å². The Morgan fingerprint density at radius 1 is 1.05 bits per heavy atom. The lowest BCUT2D eigenvalue weighted by Gasteiger charge is -2.30. The third-order valence-corrected chi connectivity index (χ3v) is 10.0. The molecule has 0 bridgehead atoms. The van der Waals surface area contributed by atoms with Crippen molar-refractivity contribution in [1.29, 1.82) is 0 Å². The highest BCUT2D eigenvalue weighted by Gasteiger charge is 2.31. The van der Waals surface area contributed by atoms with Crippen molar-refractivity contribution in [3.05, 3.63) is 88.9 Å². The van der Waals surface area contributed by atoms with Crippen LogP contribution >= 0.6 is 11.3 Å². The Labute approximate surface area is 242 Å². The maximum Gasteiger partial charge on any atom is 0.257 e. The number of thiazole rings is 1. The molecule has 0 radical (unpaired) electrons. The van der Waals surface area contributed by atoms with E-state index in [4.69, 9.17) is 4.74 Å². The van der Waals surface area contributed by atoms with Crippen LogP contribution in [0.4, 0.5) is 5.69 Å². The van der Waals surface area contributed by atoms with Gasteiger partial charge < -0.3 is 20.3 Å². The quantitative estimate of drug-likeness (QED) is 0.274. The molecule has 2 amide bonds. The molecule has 0 saturated carbocycles. The Balaban J connectivity index is 1.07. The van der Waals surface area contributed by atoms with Crippen molar-refractivity contribution < 1.29 is 22.7 Å². The summed E-state index contributed by atoms with van der Waals surface area (Å²) < 4.78 is 32.2. The molecule has 0 unspecified atom stereocenters. The van der Waals surface area contributed by atoms with E-state index in [9.17, 15) is 18.0 Å². The van der Waals surface area contributed by atoms with Crippen molar-refractivity contribution in [3.63, 3.8) is 0 Å². The van der Waals surface area contributed by atoms with Gasteiger partial charge in [-0.05, 0) is 80.5 Å². The zero-order valence-corrected chi connectivity index (χ0v) is 23.8. The summed E-state index contributed by atoms with van der Waals surface area (Å²) in [7, 11) is -3.93. The molecule has 41 heavy (non-hydrogen) atoms. The molecule has 1 aromatic heterocycles. The Morgan fingerprint density at radius 2 is 1.85 bits per heavy atom. The molecule has 4 aromatic rings. The molecular weight excluding hydrogens is 560 g/mol. The number of hydrogen-bond donors (Lipinski definition) is 2. The first-order chi connectivity index (χ1) is 19.9. The first kappa shape index (κ1) is 27.1. The van der Waals surface area contributed by atoms with Gasteiger partial charge in [-0.3, -0.25) is 9.59 Å². The van der Waals surface area contributed by atoms with E-state index in [0.29, 0.717) is 6.61 Å². The highest BCUT2D eigenvalue weighted by molar-refractivity contribution is 7.91. The number of hydrogen-bond acceptors (Lipinski definition) is 8. The lowest BCUT2D eigenvalue weighted by molar-refractivity contribution is 0.0949. The molecule has 1 saturated heterocycles. The third-order valence-electron chi connectivity index (χ3n) is 7.11. The largest absolute Gasteiger partial charge is 0.494 e. The second kappa shape index (κ2) is 11.4. The summed E-state index contributed by atoms with van der Waals surface area (Å²) in [4.78, 5) is 33.3. The zero-order chi connectivity index (χ0) is 28.4. The Kier molecular flexibility index (Phi) is 7.57. The molecular formula is C30H28N4O5S2. The van der Waals surface area contributed by atoms with Crippen LogP contribution in [-0.2, 0) is 16.4 Å². The second-order valence-corrected chi connectivity index (χ2v) is 12.9. The first-order valence-electron chi connectivity index (χ1n) is 13.4. The number of ether oxygens (including phenoxy) is 1. The first-order valence-corrected chi connectivity index (χ1v) is 15.7. The summed E-state index contributed by atoms with van der Waals surface area (Å²) >= 11 is 1.47. The molecule has 2 N–H and O–H groups in total. The smallest absolute Gasteiger partial charge is 0.257 e. The Morgan fingerprint density at radius 3 is 2.63 bits per heavy atom. The van der Waals surface area contributed by atoms with Crippen molar-refractivity contribution in [3.8, 4) is 16.3 Å². The van der Waals surface area contributed by atoms with Gasteiger partial charge >= 0.3 is 0 Å². The number of anilines is 1. The van der Waals surface area contributed by atoms with Crippen LogP contribution in [0.15, 0.2) is 82.7 Å². The highest BCUT2D eigenvalue weighted by atomic mass is 32.2. The number of benzene rings is 3. The summed E-state index contributed by atoms with van der Waals surface area (Å²) in [5, 5.41) is 6.32. The molecule has 3 aromatic carbocycles. The van der Waals surface area contributed by atoms with Crippen LogP contribution in [0.2, 0.25) is 0 Å². The number of sulfone groups is 1. The van der Waals surface area contributed by atoms with E-state index < -0.39 is 21.7 Å². The minimum absolute atomic E-state index is 0.0532. The number of fused-ring (bicyclic) bond motifs is 2. The molecule has 2 aliphatic rings. The van der Waals surface area contributed by atoms with Crippen LogP contribution in [0.3, 0.4) is 0 Å². The van der Waals surface area contributed by atoms with E-state index in [1.165, 1.54) is 61.2 Å². The summed E-state index contributed by atoms with van der Waals surface area (Å²) in [6.07, 6.45) is 4.03. The van der Waals surface area contributed by atoms with Crippen LogP contribution in [0, 0.1) is 0 Å². The fourth-order valence-electron chi connectivity index (χ4n) is 4.77. The van der Waals surface area contributed by atoms with Crippen molar-refractivity contribution in [1.82, 2.24) is 15.2 Å². The van der Waals surface area contributed by atoms with Gasteiger partial charge in [-0.1, -0.05) is 12.1 Å². The molecule has 210 valence electrons. The third kappa shape index (κ3) is 5.74. The van der Waals surface area contributed by atoms with Gasteiger partial charge in [-0.25, -0.2) is 13.4 Å². The summed E-state index contributed by atoms with van der Waals surface area (Å²) in [5.74, 6) is -0.110. The van der Waals surface area contributed by atoms with Gasteiger partial charge in [0.2, 0.25) is 9.84 Å². The lowest BCUT2D eigenvalue weighted by Crippen LogP contribution is -2.38. The van der Waals surface area contributed by atoms with E-state index in [1.807, 2.05) is 24.3 Å². The van der Waals surface area contributed by atoms with Crippen LogP contribution in [0.1, 0.15) is 38.4 Å². The second-order valence-electron chi connectivity index (χ2n) is 9.90. The highest BCUT2D eigenvalue weighted by Crippen LogP contribution is 2.34. The molecule has 6 rings (SSSR count). The number of nitrogens with one attached hydrogen (secondary N) is 2. The lowest BCUT2D eigenvalue weighted by atomic mass is 10.1. The molecule has 0 spiro atoms. The number of amides is 2. The number of carbonyl (C=O) groups is 2. The molecule has 0 aliphatic carbocycles. The van der Waals surface area contributed by atoms with Crippen LogP contribution in [0.5, 0.6) is 5.75 Å². The maximum atomic E-state index is 13.2. The fraction of sp³-hybridized carbons (Fsp3) is 0.233. The van der Waals surface area contributed by atoms with Gasteiger partial charge in [0.05, 0.1) is 34.2 Å². The van der Waals surface area contributed by atoms with Gasteiger partial charge in [0.1, 0.15) is 10.8 Å². The number of carbonyl (C=O) groups excluding carboxylic acids is 2. The number of aromatic nitrogens is 1. The van der Waals surface area contributed by atoms with Crippen molar-refractivity contribution in [2.24, 2.45) is 0 Å². The number of nitrogens with zero attached hydrogens (tertiary/aromatic N) is 2.